The number of hydrogen-bond donors (Lipinski definition) is 2. The van der Waals surface area contributed by atoms with E-state index in [1.54, 1.807) is 0 Å². The maximum Gasteiger partial charge on any atom is 0.231 e. The zero-order chi connectivity index (χ0) is 14.7. The van der Waals surface area contributed by atoms with Gasteiger partial charge in [-0.15, -0.1) is 0 Å². The third-order valence-electron chi connectivity index (χ3n) is 4.00. The van der Waals surface area contributed by atoms with Crippen LogP contribution in [0.5, 0.6) is 0 Å². The van der Waals surface area contributed by atoms with Crippen molar-refractivity contribution in [2.75, 3.05) is 17.2 Å². The molecular formula is C18H20N2O. The third kappa shape index (κ3) is 3.07. The second-order valence-corrected chi connectivity index (χ2v) is 5.52. The molecule has 0 bridgehead atoms. The molecule has 1 heterocycles. The molecule has 2 aromatic carbocycles. The Morgan fingerprint density at radius 2 is 2.00 bits per heavy atom. The fourth-order valence-electron chi connectivity index (χ4n) is 2.70. The Balaban J connectivity index is 1.73. The average molecular weight is 280 g/mol. The standard InChI is InChI=1S/C18H20N2O/c1-13(14-6-3-2-4-7-14)18(21)20-16-9-10-17-15(12-16)8-5-11-19-17/h2-4,6-7,9-10,12-13,19H,5,8,11H2,1H3,(H,20,21). The fourth-order valence-corrected chi connectivity index (χ4v) is 2.70. The molecule has 2 N–H and O–H groups in total. The van der Waals surface area contributed by atoms with Gasteiger partial charge in [0, 0.05) is 17.9 Å². The summed E-state index contributed by atoms with van der Waals surface area (Å²) in [6.07, 6.45) is 2.21. The Labute approximate surface area is 125 Å². The molecule has 2 aromatic rings. The molecular weight excluding hydrogens is 260 g/mol. The summed E-state index contributed by atoms with van der Waals surface area (Å²) in [6.45, 7) is 2.97. The quantitative estimate of drug-likeness (QED) is 0.898. The third-order valence-corrected chi connectivity index (χ3v) is 4.00. The highest BCUT2D eigenvalue weighted by Crippen LogP contribution is 2.26. The first-order valence-corrected chi connectivity index (χ1v) is 7.46. The normalized spacial score (nSPS) is 14.7. The molecule has 1 unspecified atom stereocenters. The molecule has 0 aromatic heterocycles. The maximum atomic E-state index is 12.4. The van der Waals surface area contributed by atoms with Gasteiger partial charge in [-0.3, -0.25) is 4.79 Å². The second-order valence-electron chi connectivity index (χ2n) is 5.52. The summed E-state index contributed by atoms with van der Waals surface area (Å²) in [6, 6.07) is 16.0. The molecule has 0 aliphatic carbocycles. The van der Waals surface area contributed by atoms with Gasteiger partial charge >= 0.3 is 0 Å². The Morgan fingerprint density at radius 1 is 1.19 bits per heavy atom. The van der Waals surface area contributed by atoms with Crippen LogP contribution in [0.1, 0.15) is 30.4 Å². The van der Waals surface area contributed by atoms with Crippen molar-refractivity contribution in [1.82, 2.24) is 0 Å². The largest absolute Gasteiger partial charge is 0.385 e. The van der Waals surface area contributed by atoms with E-state index in [1.165, 1.54) is 11.3 Å². The summed E-state index contributed by atoms with van der Waals surface area (Å²) < 4.78 is 0. The number of amides is 1. The van der Waals surface area contributed by atoms with Crippen molar-refractivity contribution in [2.24, 2.45) is 0 Å². The first-order chi connectivity index (χ1) is 10.2. The summed E-state index contributed by atoms with van der Waals surface area (Å²) >= 11 is 0. The van der Waals surface area contributed by atoms with Crippen molar-refractivity contribution in [3.63, 3.8) is 0 Å². The number of nitrogens with one attached hydrogen (secondary N) is 2. The smallest absolute Gasteiger partial charge is 0.231 e. The predicted molar refractivity (Wildman–Crippen MR) is 86.7 cm³/mol. The van der Waals surface area contributed by atoms with Crippen LogP contribution in [0, 0.1) is 0 Å². The number of rotatable bonds is 3. The predicted octanol–water partition coefficient (Wildman–Crippen LogP) is 3.79. The summed E-state index contributed by atoms with van der Waals surface area (Å²) in [5.41, 5.74) is 4.39. The lowest BCUT2D eigenvalue weighted by molar-refractivity contribution is -0.117. The highest BCUT2D eigenvalue weighted by molar-refractivity contribution is 5.95. The van der Waals surface area contributed by atoms with Gasteiger partial charge in [-0.2, -0.15) is 0 Å². The Kier molecular flexibility index (Phi) is 3.91. The summed E-state index contributed by atoms with van der Waals surface area (Å²) in [4.78, 5) is 12.4. The van der Waals surface area contributed by atoms with E-state index in [0.29, 0.717) is 0 Å². The van der Waals surface area contributed by atoms with Crippen molar-refractivity contribution in [1.29, 1.82) is 0 Å². The molecule has 1 amide bonds. The number of anilines is 2. The van der Waals surface area contributed by atoms with Crippen LogP contribution in [0.4, 0.5) is 11.4 Å². The van der Waals surface area contributed by atoms with Gasteiger partial charge in [0.2, 0.25) is 5.91 Å². The van der Waals surface area contributed by atoms with Gasteiger partial charge in [-0.05, 0) is 49.1 Å². The van der Waals surface area contributed by atoms with Crippen molar-refractivity contribution < 1.29 is 4.79 Å². The Morgan fingerprint density at radius 3 is 2.81 bits per heavy atom. The van der Waals surface area contributed by atoms with E-state index in [1.807, 2.05) is 43.3 Å². The molecule has 0 spiro atoms. The zero-order valence-corrected chi connectivity index (χ0v) is 12.2. The Hall–Kier alpha value is -2.29. The van der Waals surface area contributed by atoms with Crippen molar-refractivity contribution in [3.8, 4) is 0 Å². The molecule has 3 heteroatoms. The summed E-state index contributed by atoms with van der Waals surface area (Å²) in [7, 11) is 0. The SMILES string of the molecule is CC(C(=O)Nc1ccc2c(c1)CCCN2)c1ccccc1. The zero-order valence-electron chi connectivity index (χ0n) is 12.2. The van der Waals surface area contributed by atoms with E-state index in [0.717, 1.165) is 30.6 Å². The van der Waals surface area contributed by atoms with Crippen LogP contribution in [0.3, 0.4) is 0 Å². The van der Waals surface area contributed by atoms with E-state index in [9.17, 15) is 4.79 Å². The molecule has 3 rings (SSSR count). The number of benzene rings is 2. The number of fused-ring (bicyclic) bond motifs is 1. The molecule has 21 heavy (non-hydrogen) atoms. The van der Waals surface area contributed by atoms with Gasteiger partial charge in [0.25, 0.3) is 0 Å². The van der Waals surface area contributed by atoms with Gasteiger partial charge in [0.1, 0.15) is 0 Å². The van der Waals surface area contributed by atoms with Crippen molar-refractivity contribution in [2.45, 2.75) is 25.7 Å². The maximum absolute atomic E-state index is 12.4. The first-order valence-electron chi connectivity index (χ1n) is 7.46. The molecule has 1 atom stereocenters. The van der Waals surface area contributed by atoms with E-state index in [2.05, 4.69) is 22.8 Å². The lowest BCUT2D eigenvalue weighted by Gasteiger charge is -2.19. The van der Waals surface area contributed by atoms with Gasteiger partial charge in [0.05, 0.1) is 5.92 Å². The van der Waals surface area contributed by atoms with Gasteiger partial charge in [-0.1, -0.05) is 30.3 Å². The van der Waals surface area contributed by atoms with E-state index >= 15 is 0 Å². The van der Waals surface area contributed by atoms with Gasteiger partial charge < -0.3 is 10.6 Å². The molecule has 108 valence electrons. The number of carbonyl (C=O) groups is 1. The summed E-state index contributed by atoms with van der Waals surface area (Å²) in [5.74, 6) is -0.120. The number of aryl methyl sites for hydroxylation is 1. The van der Waals surface area contributed by atoms with E-state index < -0.39 is 0 Å². The fraction of sp³-hybridized carbons (Fsp3) is 0.278. The first kappa shape index (κ1) is 13.7. The molecule has 1 aliphatic heterocycles. The lowest BCUT2D eigenvalue weighted by atomic mass is 9.99. The van der Waals surface area contributed by atoms with Crippen LogP contribution in [-0.2, 0) is 11.2 Å². The summed E-state index contributed by atoms with van der Waals surface area (Å²) in [5, 5.41) is 6.40. The van der Waals surface area contributed by atoms with Crippen LogP contribution in [-0.4, -0.2) is 12.5 Å². The van der Waals surface area contributed by atoms with Crippen LogP contribution in [0.25, 0.3) is 0 Å². The van der Waals surface area contributed by atoms with Crippen molar-refractivity contribution >= 4 is 17.3 Å². The number of carbonyl (C=O) groups excluding carboxylic acids is 1. The van der Waals surface area contributed by atoms with Crippen LogP contribution < -0.4 is 10.6 Å². The average Bonchev–Trinajstić information content (AvgIpc) is 2.55. The minimum absolute atomic E-state index is 0.0323. The Bertz CT molecular complexity index is 637. The van der Waals surface area contributed by atoms with Gasteiger partial charge in [-0.25, -0.2) is 0 Å². The van der Waals surface area contributed by atoms with Crippen LogP contribution in [0.15, 0.2) is 48.5 Å². The minimum atomic E-state index is -0.152. The highest BCUT2D eigenvalue weighted by Gasteiger charge is 2.16. The van der Waals surface area contributed by atoms with Crippen LogP contribution >= 0.6 is 0 Å². The lowest BCUT2D eigenvalue weighted by Crippen LogP contribution is -2.19. The minimum Gasteiger partial charge on any atom is -0.385 e. The second kappa shape index (κ2) is 6.00. The molecule has 0 fully saturated rings. The van der Waals surface area contributed by atoms with E-state index in [4.69, 9.17) is 0 Å². The molecule has 0 saturated carbocycles. The molecule has 3 nitrogen and oxygen atoms in total. The van der Waals surface area contributed by atoms with Crippen LogP contribution in [0.2, 0.25) is 0 Å². The highest BCUT2D eigenvalue weighted by atomic mass is 16.1. The van der Waals surface area contributed by atoms with Crippen molar-refractivity contribution in [3.05, 3.63) is 59.7 Å². The molecule has 0 saturated heterocycles. The number of hydrogen-bond acceptors (Lipinski definition) is 2. The molecule has 1 aliphatic rings. The topological polar surface area (TPSA) is 41.1 Å². The van der Waals surface area contributed by atoms with Gasteiger partial charge in [0.15, 0.2) is 0 Å². The van der Waals surface area contributed by atoms with E-state index in [-0.39, 0.29) is 11.8 Å². The monoisotopic (exact) mass is 280 g/mol. The molecule has 0 radical (unpaired) electrons.